The van der Waals surface area contributed by atoms with Gasteiger partial charge in [0, 0.05) is 65.0 Å². The van der Waals surface area contributed by atoms with E-state index in [4.69, 9.17) is 26.1 Å². The maximum atomic E-state index is 13.9. The number of fused-ring (bicyclic) bond motifs is 2. The average molecular weight is 746 g/mol. The number of morpholine rings is 1. The fraction of sp³-hybridized carbons (Fsp3) is 0.500. The monoisotopic (exact) mass is 745 g/mol. The van der Waals surface area contributed by atoms with Crippen LogP contribution in [0.15, 0.2) is 34.4 Å². The summed E-state index contributed by atoms with van der Waals surface area (Å²) in [6, 6.07) is 7.30. The molecule has 7 rings (SSSR count). The number of carboxylic acids is 1. The van der Waals surface area contributed by atoms with E-state index in [0.717, 1.165) is 17.7 Å². The van der Waals surface area contributed by atoms with Gasteiger partial charge in [-0.05, 0) is 70.2 Å². The van der Waals surface area contributed by atoms with Crippen LogP contribution in [0.5, 0.6) is 5.75 Å². The van der Waals surface area contributed by atoms with Crippen LogP contribution in [0.25, 0.3) is 21.3 Å². The van der Waals surface area contributed by atoms with Crippen LogP contribution in [0.4, 0.5) is 13.2 Å². The van der Waals surface area contributed by atoms with E-state index in [-0.39, 0.29) is 43.4 Å². The summed E-state index contributed by atoms with van der Waals surface area (Å²) >= 11 is 7.72. The summed E-state index contributed by atoms with van der Waals surface area (Å²) in [5.41, 5.74) is 3.55. The molecular formula is C36H39ClF3N5O5S. The number of alkyl halides is 3. The highest BCUT2D eigenvalue weighted by Crippen LogP contribution is 2.40. The van der Waals surface area contributed by atoms with Gasteiger partial charge in [0.1, 0.15) is 18.2 Å². The Hall–Kier alpha value is -3.56. The largest absolute Gasteiger partial charge is 0.491 e. The second-order valence-corrected chi connectivity index (χ2v) is 15.1. The predicted octanol–water partition coefficient (Wildman–Crippen LogP) is 6.15. The van der Waals surface area contributed by atoms with Gasteiger partial charge < -0.3 is 14.6 Å². The van der Waals surface area contributed by atoms with Crippen molar-refractivity contribution < 1.29 is 32.5 Å². The molecule has 2 aliphatic heterocycles. The number of carboxylic acid groups (broad SMARTS) is 1. The van der Waals surface area contributed by atoms with Crippen LogP contribution in [0, 0.1) is 13.8 Å². The number of benzene rings is 1. The number of aromatic carboxylic acids is 1. The first-order chi connectivity index (χ1) is 24.3. The van der Waals surface area contributed by atoms with E-state index < -0.39 is 24.3 Å². The van der Waals surface area contributed by atoms with Crippen LogP contribution in [-0.2, 0) is 24.1 Å². The molecule has 15 heteroatoms. The highest BCUT2D eigenvalue weighted by molar-refractivity contribution is 7.18. The molecular weight excluding hydrogens is 707 g/mol. The standard InChI is InChI=1S/C36H39ClF3N5O5S/c1-21-15-26(32-31(41-21)28(18-51-32)34(47)48)25-16-23(37)3-6-30(25)49-13-12-45-22(2)42-29-5-4-24(17-27(29)33(45)46)44-9-7-35(8-10-44)19-43(11-14-50-35)20-36(38,39)40/h3,6,15-16,18,24H,4-5,7-14,17,19-20H2,1-2H3,(H,47,48)/t24-/m0/s1. The second-order valence-electron chi connectivity index (χ2n) is 13.8. The van der Waals surface area contributed by atoms with Crippen molar-refractivity contribution in [3.05, 3.63) is 73.4 Å². The number of rotatable bonds is 8. The molecule has 51 heavy (non-hydrogen) atoms. The predicted molar refractivity (Wildman–Crippen MR) is 188 cm³/mol. The smallest absolute Gasteiger partial charge is 0.401 e. The Kier molecular flexibility index (Phi) is 9.91. The number of likely N-dealkylation sites (tertiary alicyclic amines) is 1. The number of carbonyl (C=O) groups is 1. The number of hydrogen-bond acceptors (Lipinski definition) is 9. The molecule has 4 aromatic rings. The lowest BCUT2D eigenvalue weighted by Gasteiger charge is -2.49. The minimum atomic E-state index is -4.23. The lowest BCUT2D eigenvalue weighted by Crippen LogP contribution is -2.59. The van der Waals surface area contributed by atoms with Crippen LogP contribution in [0.1, 0.15) is 52.4 Å². The molecule has 1 atom stereocenters. The number of pyridine rings is 1. The van der Waals surface area contributed by atoms with Gasteiger partial charge >= 0.3 is 12.1 Å². The third kappa shape index (κ3) is 7.52. The van der Waals surface area contributed by atoms with Crippen LogP contribution in [-0.4, -0.2) is 99.2 Å². The molecule has 0 amide bonds. The fourth-order valence-electron chi connectivity index (χ4n) is 7.87. The topological polar surface area (TPSA) is 110 Å². The zero-order chi connectivity index (χ0) is 36.1. The van der Waals surface area contributed by atoms with Crippen molar-refractivity contribution >= 4 is 39.1 Å². The van der Waals surface area contributed by atoms with E-state index in [1.54, 1.807) is 28.1 Å². The minimum Gasteiger partial charge on any atom is -0.491 e. The molecule has 5 heterocycles. The highest BCUT2D eigenvalue weighted by Gasteiger charge is 2.44. The van der Waals surface area contributed by atoms with Gasteiger partial charge in [-0.1, -0.05) is 11.6 Å². The van der Waals surface area contributed by atoms with Gasteiger partial charge in [0.25, 0.3) is 5.56 Å². The number of ether oxygens (including phenoxy) is 2. The van der Waals surface area contributed by atoms with Gasteiger partial charge in [-0.15, -0.1) is 11.3 Å². The Bertz CT molecular complexity index is 2030. The van der Waals surface area contributed by atoms with Crippen molar-refractivity contribution in [1.82, 2.24) is 24.3 Å². The van der Waals surface area contributed by atoms with Gasteiger partial charge in [0.2, 0.25) is 0 Å². The zero-order valence-electron chi connectivity index (χ0n) is 28.4. The number of halogens is 4. The van der Waals surface area contributed by atoms with Crippen molar-refractivity contribution in [1.29, 1.82) is 0 Å². The quantitative estimate of drug-likeness (QED) is 0.227. The average Bonchev–Trinajstić information content (AvgIpc) is 3.50. The molecule has 272 valence electrons. The second kappa shape index (κ2) is 14.1. The van der Waals surface area contributed by atoms with Crippen LogP contribution in [0.3, 0.4) is 0 Å². The number of hydrogen-bond donors (Lipinski definition) is 1. The van der Waals surface area contributed by atoms with Crippen molar-refractivity contribution in [3.8, 4) is 16.9 Å². The molecule has 0 radical (unpaired) electrons. The van der Waals surface area contributed by atoms with E-state index in [9.17, 15) is 27.9 Å². The minimum absolute atomic E-state index is 0.0831. The van der Waals surface area contributed by atoms with Crippen LogP contribution < -0.4 is 10.3 Å². The van der Waals surface area contributed by atoms with E-state index >= 15 is 0 Å². The molecule has 2 fully saturated rings. The summed E-state index contributed by atoms with van der Waals surface area (Å²) in [7, 11) is 0. The summed E-state index contributed by atoms with van der Waals surface area (Å²) in [5, 5.41) is 11.8. The molecule has 1 spiro atoms. The lowest BCUT2D eigenvalue weighted by atomic mass is 9.85. The van der Waals surface area contributed by atoms with E-state index in [1.165, 1.54) is 16.2 Å². The molecule has 1 N–H and O–H groups in total. The number of piperidine rings is 1. The van der Waals surface area contributed by atoms with Gasteiger partial charge in [0.15, 0.2) is 0 Å². The first-order valence-corrected chi connectivity index (χ1v) is 18.4. The van der Waals surface area contributed by atoms with Gasteiger partial charge in [-0.3, -0.25) is 24.1 Å². The molecule has 3 aliphatic rings. The molecule has 2 saturated heterocycles. The van der Waals surface area contributed by atoms with Crippen molar-refractivity contribution in [3.63, 3.8) is 0 Å². The summed E-state index contributed by atoms with van der Waals surface area (Å²) in [5.74, 6) is 0.108. The fourth-order valence-corrected chi connectivity index (χ4v) is 9.05. The summed E-state index contributed by atoms with van der Waals surface area (Å²) < 4.78 is 54.0. The Morgan fingerprint density at radius 3 is 2.69 bits per heavy atom. The van der Waals surface area contributed by atoms with Gasteiger partial charge in [0.05, 0.1) is 46.8 Å². The molecule has 0 saturated carbocycles. The summed E-state index contributed by atoms with van der Waals surface area (Å²) in [6.07, 6.45) is -0.810. The third-order valence-electron chi connectivity index (χ3n) is 10.3. The third-order valence-corrected chi connectivity index (χ3v) is 11.6. The Balaban J connectivity index is 1.04. The molecule has 1 aromatic carbocycles. The SMILES string of the molecule is Cc1cc(-c2cc(Cl)ccc2OCCn2c(C)nc3c(c2=O)C[C@@H](N2CCC4(CC2)CN(CC(F)(F)F)CCO4)CC3)c2scc(C(=O)O)c2n1. The molecule has 10 nitrogen and oxygen atoms in total. The van der Waals surface area contributed by atoms with Gasteiger partial charge in [-0.25, -0.2) is 9.78 Å². The van der Waals surface area contributed by atoms with E-state index in [0.29, 0.717) is 89.0 Å². The number of thiophene rings is 1. The highest BCUT2D eigenvalue weighted by atomic mass is 35.5. The maximum Gasteiger partial charge on any atom is 0.401 e. The lowest BCUT2D eigenvalue weighted by molar-refractivity contribution is -0.184. The molecule has 3 aromatic heterocycles. The normalized spacial score (nSPS) is 19.8. The van der Waals surface area contributed by atoms with Crippen LogP contribution >= 0.6 is 22.9 Å². The Morgan fingerprint density at radius 2 is 1.94 bits per heavy atom. The van der Waals surface area contributed by atoms with E-state index in [2.05, 4.69) is 9.88 Å². The van der Waals surface area contributed by atoms with Crippen molar-refractivity contribution in [2.45, 2.75) is 70.3 Å². The van der Waals surface area contributed by atoms with Crippen molar-refractivity contribution in [2.75, 3.05) is 45.9 Å². The number of aryl methyl sites for hydroxylation is 3. The summed E-state index contributed by atoms with van der Waals surface area (Å²) in [4.78, 5) is 38.9. The first-order valence-electron chi connectivity index (χ1n) is 17.1. The van der Waals surface area contributed by atoms with Gasteiger partial charge in [-0.2, -0.15) is 13.2 Å². The van der Waals surface area contributed by atoms with E-state index in [1.807, 2.05) is 19.9 Å². The summed E-state index contributed by atoms with van der Waals surface area (Å²) in [6.45, 7) is 5.45. The Labute approximate surface area is 301 Å². The Morgan fingerprint density at radius 1 is 1.16 bits per heavy atom. The maximum absolute atomic E-state index is 13.9. The molecule has 1 aliphatic carbocycles. The number of nitrogens with zero attached hydrogens (tertiary/aromatic N) is 5. The zero-order valence-corrected chi connectivity index (χ0v) is 30.0. The molecule has 0 unspecified atom stereocenters. The molecule has 0 bridgehead atoms. The number of aromatic nitrogens is 3. The van der Waals surface area contributed by atoms with Crippen LogP contribution in [0.2, 0.25) is 5.02 Å². The first kappa shape index (κ1) is 35.8. The van der Waals surface area contributed by atoms with Crippen molar-refractivity contribution in [2.24, 2.45) is 0 Å².